The molecule has 0 bridgehead atoms. The molecule has 0 atom stereocenters. The lowest BCUT2D eigenvalue weighted by molar-refractivity contribution is -0.115. The summed E-state index contributed by atoms with van der Waals surface area (Å²) in [6, 6.07) is 14.2. The number of hydrogen-bond donors (Lipinski definition) is 3. The molecule has 0 fully saturated rings. The third kappa shape index (κ3) is 4.65. The molecule has 0 radical (unpaired) electrons. The SMILES string of the molecule is NC(=O)c1c(O)ncn1Cc1ccc(NC(=O)Cc2ccc(Cl)cc2)cc1. The quantitative estimate of drug-likeness (QED) is 0.606. The molecule has 0 aliphatic rings. The average Bonchev–Trinajstić information content (AvgIpc) is 2.99. The van der Waals surface area contributed by atoms with Gasteiger partial charge in [-0.05, 0) is 35.4 Å². The standard InChI is InChI=1S/C19H17ClN4O3/c20-14-5-1-12(2-6-14)9-16(25)23-15-7-3-13(4-8-15)10-24-11-22-19(27)17(24)18(21)26/h1-8,11,27H,9-10H2,(H2,21,26)(H,23,25). The van der Waals surface area contributed by atoms with Gasteiger partial charge in [0.25, 0.3) is 5.91 Å². The second-order valence-corrected chi connectivity index (χ2v) is 6.39. The first-order chi connectivity index (χ1) is 12.9. The molecule has 3 rings (SSSR count). The molecule has 1 heterocycles. The zero-order chi connectivity index (χ0) is 19.4. The van der Waals surface area contributed by atoms with Gasteiger partial charge in [-0.3, -0.25) is 9.59 Å². The van der Waals surface area contributed by atoms with Crippen molar-refractivity contribution in [1.82, 2.24) is 9.55 Å². The van der Waals surface area contributed by atoms with Crippen LogP contribution in [0.5, 0.6) is 5.88 Å². The Morgan fingerprint density at radius 3 is 2.33 bits per heavy atom. The highest BCUT2D eigenvalue weighted by atomic mass is 35.5. The van der Waals surface area contributed by atoms with Gasteiger partial charge in [0, 0.05) is 17.3 Å². The molecule has 27 heavy (non-hydrogen) atoms. The van der Waals surface area contributed by atoms with Gasteiger partial charge in [-0.2, -0.15) is 0 Å². The Hall–Kier alpha value is -3.32. The zero-order valence-electron chi connectivity index (χ0n) is 14.2. The molecule has 0 unspecified atom stereocenters. The summed E-state index contributed by atoms with van der Waals surface area (Å²) in [5.41, 5.74) is 7.58. The summed E-state index contributed by atoms with van der Waals surface area (Å²) >= 11 is 5.83. The fraction of sp³-hybridized carbons (Fsp3) is 0.105. The van der Waals surface area contributed by atoms with Gasteiger partial charge in [0.2, 0.25) is 11.8 Å². The van der Waals surface area contributed by atoms with Crippen molar-refractivity contribution in [2.75, 3.05) is 5.32 Å². The van der Waals surface area contributed by atoms with Crippen LogP contribution in [0.15, 0.2) is 54.9 Å². The number of rotatable bonds is 6. The molecule has 2 aromatic carbocycles. The summed E-state index contributed by atoms with van der Waals surface area (Å²) < 4.78 is 1.46. The number of nitrogens with two attached hydrogens (primary N) is 1. The van der Waals surface area contributed by atoms with Crippen LogP contribution in [0, 0.1) is 0 Å². The molecule has 0 aliphatic carbocycles. The van der Waals surface area contributed by atoms with E-state index >= 15 is 0 Å². The minimum Gasteiger partial charge on any atom is -0.492 e. The molecule has 3 aromatic rings. The number of carbonyl (C=O) groups excluding carboxylic acids is 2. The monoisotopic (exact) mass is 384 g/mol. The van der Waals surface area contributed by atoms with Gasteiger partial charge in [-0.25, -0.2) is 4.98 Å². The van der Waals surface area contributed by atoms with Crippen molar-refractivity contribution < 1.29 is 14.7 Å². The third-order valence-electron chi connectivity index (χ3n) is 3.92. The number of imidazole rings is 1. The number of hydrogen-bond acceptors (Lipinski definition) is 4. The Morgan fingerprint density at radius 1 is 1.07 bits per heavy atom. The van der Waals surface area contributed by atoms with Crippen molar-refractivity contribution in [1.29, 1.82) is 0 Å². The second kappa shape index (κ2) is 7.92. The minimum atomic E-state index is -0.754. The zero-order valence-corrected chi connectivity index (χ0v) is 15.0. The van der Waals surface area contributed by atoms with Gasteiger partial charge in [0.05, 0.1) is 12.7 Å². The molecule has 2 amide bonds. The number of aromatic hydroxyl groups is 1. The number of carbonyl (C=O) groups is 2. The summed E-state index contributed by atoms with van der Waals surface area (Å²) in [6.45, 7) is 0.310. The molecule has 8 heteroatoms. The van der Waals surface area contributed by atoms with Gasteiger partial charge in [0.1, 0.15) is 0 Å². The van der Waals surface area contributed by atoms with Crippen molar-refractivity contribution in [3.63, 3.8) is 0 Å². The highest BCUT2D eigenvalue weighted by Crippen LogP contribution is 2.17. The van der Waals surface area contributed by atoms with E-state index < -0.39 is 11.8 Å². The largest absolute Gasteiger partial charge is 0.492 e. The fourth-order valence-electron chi connectivity index (χ4n) is 2.63. The Labute approximate surface area is 160 Å². The topological polar surface area (TPSA) is 110 Å². The number of aromatic nitrogens is 2. The second-order valence-electron chi connectivity index (χ2n) is 5.96. The molecular formula is C19H17ClN4O3. The Morgan fingerprint density at radius 2 is 1.70 bits per heavy atom. The Balaban J connectivity index is 1.62. The Kier molecular flexibility index (Phi) is 5.42. The van der Waals surface area contributed by atoms with Crippen LogP contribution in [-0.2, 0) is 17.8 Å². The van der Waals surface area contributed by atoms with Crippen LogP contribution in [0.2, 0.25) is 5.02 Å². The van der Waals surface area contributed by atoms with E-state index in [0.29, 0.717) is 17.3 Å². The van der Waals surface area contributed by atoms with E-state index in [1.807, 2.05) is 12.1 Å². The van der Waals surface area contributed by atoms with E-state index in [2.05, 4.69) is 10.3 Å². The first kappa shape index (κ1) is 18.5. The van der Waals surface area contributed by atoms with Gasteiger partial charge in [-0.1, -0.05) is 35.9 Å². The van der Waals surface area contributed by atoms with Crippen LogP contribution in [0.1, 0.15) is 21.6 Å². The normalized spacial score (nSPS) is 10.6. The number of halogens is 1. The first-order valence-corrected chi connectivity index (χ1v) is 8.47. The number of primary amides is 1. The van der Waals surface area contributed by atoms with Crippen LogP contribution in [0.25, 0.3) is 0 Å². The lowest BCUT2D eigenvalue weighted by Gasteiger charge is -2.09. The van der Waals surface area contributed by atoms with E-state index in [-0.39, 0.29) is 18.0 Å². The summed E-state index contributed by atoms with van der Waals surface area (Å²) in [7, 11) is 0. The summed E-state index contributed by atoms with van der Waals surface area (Å²) in [6.07, 6.45) is 1.59. The van der Waals surface area contributed by atoms with Gasteiger partial charge in [-0.15, -0.1) is 0 Å². The smallest absolute Gasteiger partial charge is 0.271 e. The van der Waals surface area contributed by atoms with E-state index in [1.165, 1.54) is 10.9 Å². The van der Waals surface area contributed by atoms with Crippen LogP contribution >= 0.6 is 11.6 Å². The molecule has 0 saturated heterocycles. The van der Waals surface area contributed by atoms with E-state index in [4.69, 9.17) is 17.3 Å². The van der Waals surface area contributed by atoms with Crippen molar-refractivity contribution in [3.05, 3.63) is 76.7 Å². The van der Waals surface area contributed by atoms with Crippen molar-refractivity contribution in [2.24, 2.45) is 5.73 Å². The van der Waals surface area contributed by atoms with Gasteiger partial charge >= 0.3 is 0 Å². The summed E-state index contributed by atoms with van der Waals surface area (Å²) in [4.78, 5) is 27.2. The molecule has 1 aromatic heterocycles. The highest BCUT2D eigenvalue weighted by Gasteiger charge is 2.15. The van der Waals surface area contributed by atoms with Crippen LogP contribution in [0.4, 0.5) is 5.69 Å². The lowest BCUT2D eigenvalue weighted by Crippen LogP contribution is -2.17. The maximum Gasteiger partial charge on any atom is 0.271 e. The molecule has 7 nitrogen and oxygen atoms in total. The molecular weight excluding hydrogens is 368 g/mol. The van der Waals surface area contributed by atoms with E-state index in [9.17, 15) is 14.7 Å². The number of nitrogens with one attached hydrogen (secondary N) is 1. The predicted molar refractivity (Wildman–Crippen MR) is 102 cm³/mol. The number of benzene rings is 2. The van der Waals surface area contributed by atoms with Gasteiger partial charge in [0.15, 0.2) is 5.69 Å². The van der Waals surface area contributed by atoms with E-state index in [1.54, 1.807) is 36.4 Å². The maximum absolute atomic E-state index is 12.1. The molecule has 0 spiro atoms. The average molecular weight is 385 g/mol. The lowest BCUT2D eigenvalue weighted by atomic mass is 10.1. The van der Waals surface area contributed by atoms with Crippen LogP contribution in [0.3, 0.4) is 0 Å². The van der Waals surface area contributed by atoms with Crippen molar-refractivity contribution in [2.45, 2.75) is 13.0 Å². The van der Waals surface area contributed by atoms with Crippen LogP contribution in [-0.4, -0.2) is 26.5 Å². The van der Waals surface area contributed by atoms with E-state index in [0.717, 1.165) is 11.1 Å². The third-order valence-corrected chi connectivity index (χ3v) is 4.17. The van der Waals surface area contributed by atoms with Gasteiger partial charge < -0.3 is 20.7 Å². The Bertz CT molecular complexity index is 966. The first-order valence-electron chi connectivity index (χ1n) is 8.09. The number of amides is 2. The molecule has 138 valence electrons. The van der Waals surface area contributed by atoms with Crippen molar-refractivity contribution >= 4 is 29.1 Å². The number of nitrogens with zero attached hydrogens (tertiary/aromatic N) is 2. The minimum absolute atomic E-state index is 0.0460. The summed E-state index contributed by atoms with van der Waals surface area (Å²) in [5, 5.41) is 13.0. The highest BCUT2D eigenvalue weighted by molar-refractivity contribution is 6.30. The molecule has 4 N–H and O–H groups in total. The molecule has 0 aliphatic heterocycles. The molecule has 0 saturated carbocycles. The maximum atomic E-state index is 12.1. The fourth-order valence-corrected chi connectivity index (χ4v) is 2.75. The van der Waals surface area contributed by atoms with Crippen molar-refractivity contribution in [3.8, 4) is 5.88 Å². The number of anilines is 1. The van der Waals surface area contributed by atoms with Crippen LogP contribution < -0.4 is 11.1 Å². The predicted octanol–water partition coefficient (Wildman–Crippen LogP) is 2.57. The summed E-state index contributed by atoms with van der Waals surface area (Å²) in [5.74, 6) is -1.29.